The molecule has 0 radical (unpaired) electrons. The second-order valence-electron chi connectivity index (χ2n) is 6.74. The first kappa shape index (κ1) is 18.9. The molecule has 132 valence electrons. The number of hydrogen-bond acceptors (Lipinski definition) is 8. The van der Waals surface area contributed by atoms with Crippen molar-refractivity contribution in [2.24, 2.45) is 31.8 Å². The van der Waals surface area contributed by atoms with Gasteiger partial charge in [-0.15, -0.1) is 0 Å². The van der Waals surface area contributed by atoms with E-state index in [9.17, 15) is 19.2 Å². The second kappa shape index (κ2) is 9.73. The molecule has 2 rings (SSSR count). The van der Waals surface area contributed by atoms with Crippen LogP contribution in [-0.2, 0) is 19.2 Å². The molecule has 2 fully saturated rings. The summed E-state index contributed by atoms with van der Waals surface area (Å²) in [6, 6.07) is -1.23. The van der Waals surface area contributed by atoms with Gasteiger partial charge in [0.15, 0.2) is 0 Å². The Kier molecular flexibility index (Phi) is 7.34. The van der Waals surface area contributed by atoms with Crippen LogP contribution in [0.25, 0.3) is 0 Å². The van der Waals surface area contributed by atoms with E-state index in [2.05, 4.69) is 20.0 Å². The van der Waals surface area contributed by atoms with Gasteiger partial charge in [-0.1, -0.05) is 0 Å². The van der Waals surface area contributed by atoms with Crippen molar-refractivity contribution in [2.75, 3.05) is 0 Å². The number of hydrogen-bond donors (Lipinski definition) is 0. The first-order valence-corrected chi connectivity index (χ1v) is 8.49. The molecule has 0 aromatic carbocycles. The van der Waals surface area contributed by atoms with Crippen molar-refractivity contribution >= 4 is 24.3 Å². The van der Waals surface area contributed by atoms with Gasteiger partial charge in [0.2, 0.25) is 24.3 Å². The Morgan fingerprint density at radius 1 is 0.560 bits per heavy atom. The third kappa shape index (κ3) is 5.25. The fraction of sp³-hybridized carbons (Fsp3) is 0.765. The Morgan fingerprint density at radius 2 is 0.920 bits per heavy atom. The van der Waals surface area contributed by atoms with E-state index in [1.807, 2.05) is 0 Å². The molecule has 0 amide bonds. The molecule has 2 aliphatic rings. The topological polar surface area (TPSA) is 118 Å². The van der Waals surface area contributed by atoms with Gasteiger partial charge in [-0.05, 0) is 56.8 Å². The van der Waals surface area contributed by atoms with Crippen molar-refractivity contribution in [3.63, 3.8) is 0 Å². The van der Waals surface area contributed by atoms with Crippen LogP contribution in [0.1, 0.15) is 44.9 Å². The number of rotatable bonds is 6. The first-order valence-electron chi connectivity index (χ1n) is 8.49. The molecule has 8 heteroatoms. The monoisotopic (exact) mass is 344 g/mol. The lowest BCUT2D eigenvalue weighted by molar-refractivity contribution is 0.202. The lowest BCUT2D eigenvalue weighted by atomic mass is 9.73. The van der Waals surface area contributed by atoms with E-state index in [1.165, 1.54) is 0 Å². The van der Waals surface area contributed by atoms with Gasteiger partial charge in [-0.25, -0.2) is 39.1 Å². The lowest BCUT2D eigenvalue weighted by Gasteiger charge is -2.35. The highest BCUT2D eigenvalue weighted by Gasteiger charge is 2.35. The Labute approximate surface area is 145 Å². The summed E-state index contributed by atoms with van der Waals surface area (Å²) < 4.78 is 0. The molecule has 8 nitrogen and oxygen atoms in total. The van der Waals surface area contributed by atoms with Crippen LogP contribution in [0.3, 0.4) is 0 Å². The molecule has 0 bridgehead atoms. The number of isocyanates is 4. The summed E-state index contributed by atoms with van der Waals surface area (Å²) in [5.74, 6) is 0.717. The summed E-state index contributed by atoms with van der Waals surface area (Å²) in [4.78, 5) is 57.3. The first-order chi connectivity index (χ1) is 12.2. The zero-order valence-corrected chi connectivity index (χ0v) is 13.8. The van der Waals surface area contributed by atoms with Crippen LogP contribution in [0.2, 0.25) is 0 Å². The molecular formula is C17H20N4O4. The minimum atomic E-state index is -0.322. The van der Waals surface area contributed by atoms with E-state index >= 15 is 0 Å². The molecule has 6 unspecified atom stereocenters. The Balaban J connectivity index is 1.97. The van der Waals surface area contributed by atoms with Gasteiger partial charge in [0.05, 0.1) is 24.2 Å². The third-order valence-corrected chi connectivity index (χ3v) is 5.32. The lowest BCUT2D eigenvalue weighted by Crippen LogP contribution is -2.35. The maximum atomic E-state index is 10.6. The van der Waals surface area contributed by atoms with Crippen LogP contribution in [0.15, 0.2) is 20.0 Å². The van der Waals surface area contributed by atoms with E-state index in [4.69, 9.17) is 0 Å². The minimum absolute atomic E-state index is 0.291. The van der Waals surface area contributed by atoms with Crippen molar-refractivity contribution < 1.29 is 19.2 Å². The molecular weight excluding hydrogens is 324 g/mol. The van der Waals surface area contributed by atoms with Crippen molar-refractivity contribution in [2.45, 2.75) is 69.1 Å². The summed E-state index contributed by atoms with van der Waals surface area (Å²) in [5, 5.41) is 0. The molecule has 25 heavy (non-hydrogen) atoms. The zero-order valence-electron chi connectivity index (χ0n) is 13.8. The highest BCUT2D eigenvalue weighted by Crippen LogP contribution is 2.38. The average Bonchev–Trinajstić information content (AvgIpc) is 2.60. The van der Waals surface area contributed by atoms with Gasteiger partial charge < -0.3 is 0 Å². The molecule has 2 saturated carbocycles. The van der Waals surface area contributed by atoms with E-state index in [0.717, 1.165) is 19.3 Å². The quantitative estimate of drug-likeness (QED) is 0.539. The molecule has 0 aromatic rings. The molecule has 2 aliphatic carbocycles. The fourth-order valence-electron chi connectivity index (χ4n) is 4.18. The van der Waals surface area contributed by atoms with Crippen LogP contribution in [0.4, 0.5) is 0 Å². The highest BCUT2D eigenvalue weighted by molar-refractivity contribution is 5.37. The van der Waals surface area contributed by atoms with Crippen LogP contribution >= 0.6 is 0 Å². The minimum Gasteiger partial charge on any atom is -0.211 e. The summed E-state index contributed by atoms with van der Waals surface area (Å²) in [7, 11) is 0. The zero-order chi connectivity index (χ0) is 18.1. The van der Waals surface area contributed by atoms with Gasteiger partial charge in [0.1, 0.15) is 0 Å². The average molecular weight is 344 g/mol. The van der Waals surface area contributed by atoms with Gasteiger partial charge in [-0.3, -0.25) is 0 Å². The second-order valence-corrected chi connectivity index (χ2v) is 6.74. The summed E-state index contributed by atoms with van der Waals surface area (Å²) in [6.45, 7) is 0. The standard InChI is InChI=1S/C17H20N4O4/c22-8-18-14-3-1-12(6-16(14)20-10-24)5-13-2-4-15(19-9-23)17(7-13)21-11-25/h12-17H,1-7H2. The largest absolute Gasteiger partial charge is 0.235 e. The van der Waals surface area contributed by atoms with Gasteiger partial charge in [0, 0.05) is 0 Å². The Morgan fingerprint density at radius 3 is 1.28 bits per heavy atom. The van der Waals surface area contributed by atoms with Gasteiger partial charge in [-0.2, -0.15) is 0 Å². The van der Waals surface area contributed by atoms with Gasteiger partial charge >= 0.3 is 0 Å². The molecule has 0 aliphatic heterocycles. The van der Waals surface area contributed by atoms with Crippen LogP contribution in [-0.4, -0.2) is 48.5 Å². The van der Waals surface area contributed by atoms with Crippen LogP contribution in [0.5, 0.6) is 0 Å². The van der Waals surface area contributed by atoms with Crippen molar-refractivity contribution in [1.82, 2.24) is 0 Å². The Hall–Kier alpha value is -2.48. The molecule has 0 saturated heterocycles. The fourth-order valence-corrected chi connectivity index (χ4v) is 4.18. The Bertz CT molecular complexity index is 600. The molecule has 0 aromatic heterocycles. The van der Waals surface area contributed by atoms with Crippen molar-refractivity contribution in [3.05, 3.63) is 0 Å². The van der Waals surface area contributed by atoms with E-state index in [0.29, 0.717) is 37.5 Å². The van der Waals surface area contributed by atoms with Gasteiger partial charge in [0.25, 0.3) is 0 Å². The summed E-state index contributed by atoms with van der Waals surface area (Å²) in [5.41, 5.74) is 0. The molecule has 0 N–H and O–H groups in total. The third-order valence-electron chi connectivity index (χ3n) is 5.32. The SMILES string of the molecule is O=C=NC1CCC(CC2CCC(N=C=O)C(N=C=O)C2)CC1N=C=O. The number of nitrogens with zero attached hydrogens (tertiary/aromatic N) is 4. The highest BCUT2D eigenvalue weighted by atomic mass is 16.1. The maximum absolute atomic E-state index is 10.6. The summed E-state index contributed by atoms with van der Waals surface area (Å²) >= 11 is 0. The summed E-state index contributed by atoms with van der Waals surface area (Å²) in [6.07, 6.45) is 11.7. The smallest absolute Gasteiger partial charge is 0.211 e. The normalized spacial score (nSPS) is 34.4. The van der Waals surface area contributed by atoms with Crippen LogP contribution in [0, 0.1) is 11.8 Å². The van der Waals surface area contributed by atoms with Crippen LogP contribution < -0.4 is 0 Å². The van der Waals surface area contributed by atoms with E-state index < -0.39 is 0 Å². The van der Waals surface area contributed by atoms with E-state index in [-0.39, 0.29) is 24.2 Å². The van der Waals surface area contributed by atoms with Crippen molar-refractivity contribution in [1.29, 1.82) is 0 Å². The maximum Gasteiger partial charge on any atom is 0.235 e. The number of carbonyl (C=O) groups excluding carboxylic acids is 4. The van der Waals surface area contributed by atoms with E-state index in [1.54, 1.807) is 24.3 Å². The molecule has 0 spiro atoms. The predicted octanol–water partition coefficient (Wildman–Crippen LogP) is 1.79. The number of aliphatic imine (C=N–C) groups is 4. The predicted molar refractivity (Wildman–Crippen MR) is 86.9 cm³/mol. The molecule has 0 heterocycles. The molecule has 6 atom stereocenters. The van der Waals surface area contributed by atoms with Crippen molar-refractivity contribution in [3.8, 4) is 0 Å².